The number of anilines is 1. The molecule has 0 saturated carbocycles. The summed E-state index contributed by atoms with van der Waals surface area (Å²) in [5.74, 6) is -1.27. The van der Waals surface area contributed by atoms with E-state index in [9.17, 15) is 22.4 Å². The first-order valence-electron chi connectivity index (χ1n) is 5.21. The Bertz CT molecular complexity index is 532. The largest absolute Gasteiger partial charge is 0.417 e. The fourth-order valence-corrected chi connectivity index (χ4v) is 2.97. The first-order valence-corrected chi connectivity index (χ1v) is 6.91. The molecular weight excluding hydrogens is 398 g/mol. The Hall–Kier alpha value is -0.630. The molecule has 1 saturated heterocycles. The van der Waals surface area contributed by atoms with Crippen LogP contribution in [0.3, 0.4) is 0 Å². The quantitative estimate of drug-likeness (QED) is 0.509. The van der Waals surface area contributed by atoms with Crippen molar-refractivity contribution in [3.8, 4) is 0 Å². The number of carbonyl (C=O) groups excluding carboxylic acids is 1. The molecule has 0 radical (unpaired) electrons. The zero-order valence-electron chi connectivity index (χ0n) is 9.27. The van der Waals surface area contributed by atoms with Crippen molar-refractivity contribution in [3.63, 3.8) is 0 Å². The number of hydrogen-bond donors (Lipinski definition) is 0. The molecule has 1 atom stereocenters. The van der Waals surface area contributed by atoms with Crippen molar-refractivity contribution in [2.24, 2.45) is 0 Å². The van der Waals surface area contributed by atoms with E-state index in [0.717, 1.165) is 11.0 Å². The van der Waals surface area contributed by atoms with Crippen molar-refractivity contribution in [1.82, 2.24) is 0 Å². The molecule has 0 aromatic heterocycles. The van der Waals surface area contributed by atoms with E-state index < -0.39 is 23.5 Å². The number of hydrogen-bond acceptors (Lipinski definition) is 1. The second-order valence-electron chi connectivity index (χ2n) is 4.09. The van der Waals surface area contributed by atoms with Gasteiger partial charge in [0.2, 0.25) is 5.91 Å². The Balaban J connectivity index is 2.49. The van der Waals surface area contributed by atoms with Crippen LogP contribution in [0.5, 0.6) is 0 Å². The van der Waals surface area contributed by atoms with Gasteiger partial charge in [-0.05, 0) is 12.1 Å². The fourth-order valence-electron chi connectivity index (χ4n) is 1.86. The lowest BCUT2D eigenvalue weighted by molar-refractivity contribution is -0.138. The molecule has 104 valence electrons. The average Bonchev–Trinajstić information content (AvgIpc) is 2.55. The molecule has 1 aliphatic rings. The van der Waals surface area contributed by atoms with E-state index in [1.165, 1.54) is 0 Å². The number of alkyl halides is 4. The van der Waals surface area contributed by atoms with Crippen molar-refractivity contribution >= 4 is 43.5 Å². The minimum Gasteiger partial charge on any atom is -0.308 e. The molecule has 1 aromatic carbocycles. The summed E-state index contributed by atoms with van der Waals surface area (Å²) in [7, 11) is 0. The van der Waals surface area contributed by atoms with Crippen LogP contribution in [0.4, 0.5) is 23.2 Å². The van der Waals surface area contributed by atoms with E-state index in [2.05, 4.69) is 31.9 Å². The number of amides is 1. The predicted octanol–water partition coefficient (Wildman–Crippen LogP) is 4.11. The smallest absolute Gasteiger partial charge is 0.308 e. The standard InChI is InChI=1S/C11H7Br2F4NO/c12-5-1-10(19)18(4-5)9-2-6(11(15,16)17)7(13)3-8(9)14/h2-3,5H,1,4H2. The SMILES string of the molecule is O=C1CC(Br)CN1c1cc(C(F)(F)F)c(Br)cc1F. The number of rotatable bonds is 1. The van der Waals surface area contributed by atoms with Crippen LogP contribution >= 0.6 is 31.9 Å². The Morgan fingerprint density at radius 1 is 1.32 bits per heavy atom. The third-order valence-corrected chi connectivity index (χ3v) is 3.98. The van der Waals surface area contributed by atoms with Crippen molar-refractivity contribution in [2.75, 3.05) is 11.4 Å². The van der Waals surface area contributed by atoms with Gasteiger partial charge in [0.05, 0.1) is 11.3 Å². The molecule has 2 nitrogen and oxygen atoms in total. The number of halogens is 6. The molecule has 8 heteroatoms. The van der Waals surface area contributed by atoms with Gasteiger partial charge in [-0.25, -0.2) is 4.39 Å². The Morgan fingerprint density at radius 3 is 2.42 bits per heavy atom. The highest BCUT2D eigenvalue weighted by molar-refractivity contribution is 9.10. The summed E-state index contributed by atoms with van der Waals surface area (Å²) < 4.78 is 51.6. The van der Waals surface area contributed by atoms with E-state index in [0.29, 0.717) is 6.07 Å². The van der Waals surface area contributed by atoms with Crippen LogP contribution in [-0.4, -0.2) is 17.3 Å². The molecule has 1 amide bonds. The lowest BCUT2D eigenvalue weighted by atomic mass is 10.1. The third-order valence-electron chi connectivity index (χ3n) is 2.71. The molecule has 1 aliphatic heterocycles. The van der Waals surface area contributed by atoms with Gasteiger partial charge in [-0.3, -0.25) is 4.79 Å². The summed E-state index contributed by atoms with van der Waals surface area (Å²) in [4.78, 5) is 12.5. The highest BCUT2D eigenvalue weighted by Gasteiger charge is 2.37. The third kappa shape index (κ3) is 2.94. The maximum Gasteiger partial charge on any atom is 0.417 e. The second kappa shape index (κ2) is 5.05. The topological polar surface area (TPSA) is 20.3 Å². The van der Waals surface area contributed by atoms with E-state index in [1.807, 2.05) is 0 Å². The van der Waals surface area contributed by atoms with Crippen molar-refractivity contribution in [1.29, 1.82) is 0 Å². The zero-order valence-corrected chi connectivity index (χ0v) is 12.4. The molecule has 2 rings (SSSR count). The van der Waals surface area contributed by atoms with Gasteiger partial charge in [0.1, 0.15) is 5.82 Å². The molecule has 0 N–H and O–H groups in total. The molecule has 0 bridgehead atoms. The van der Waals surface area contributed by atoms with Crippen LogP contribution in [0, 0.1) is 5.82 Å². The van der Waals surface area contributed by atoms with Crippen LogP contribution in [0.15, 0.2) is 16.6 Å². The fraction of sp³-hybridized carbons (Fsp3) is 0.364. The van der Waals surface area contributed by atoms with E-state index in [4.69, 9.17) is 0 Å². The highest BCUT2D eigenvalue weighted by atomic mass is 79.9. The Kier molecular flexibility index (Phi) is 3.92. The Labute approximate surface area is 123 Å². The van der Waals surface area contributed by atoms with E-state index in [-0.39, 0.29) is 28.0 Å². The monoisotopic (exact) mass is 403 g/mol. The predicted molar refractivity (Wildman–Crippen MR) is 68.8 cm³/mol. The van der Waals surface area contributed by atoms with Gasteiger partial charge < -0.3 is 4.90 Å². The van der Waals surface area contributed by atoms with Gasteiger partial charge in [-0.1, -0.05) is 31.9 Å². The minimum atomic E-state index is -4.61. The maximum absolute atomic E-state index is 13.8. The van der Waals surface area contributed by atoms with Gasteiger partial charge in [0.15, 0.2) is 0 Å². The van der Waals surface area contributed by atoms with Gasteiger partial charge in [0.25, 0.3) is 0 Å². The number of carbonyl (C=O) groups is 1. The summed E-state index contributed by atoms with van der Waals surface area (Å²) in [6.45, 7) is 0.148. The van der Waals surface area contributed by atoms with Crippen molar-refractivity contribution < 1.29 is 22.4 Å². The van der Waals surface area contributed by atoms with Crippen LogP contribution in [0.2, 0.25) is 0 Å². The molecule has 1 unspecified atom stereocenters. The average molecular weight is 405 g/mol. The number of nitrogens with zero attached hydrogens (tertiary/aromatic N) is 1. The van der Waals surface area contributed by atoms with Gasteiger partial charge in [0, 0.05) is 22.3 Å². The molecule has 1 aromatic rings. The van der Waals surface area contributed by atoms with Crippen LogP contribution in [0.1, 0.15) is 12.0 Å². The summed E-state index contributed by atoms with van der Waals surface area (Å²) in [5.41, 5.74) is -1.35. The first-order chi connectivity index (χ1) is 8.70. The van der Waals surface area contributed by atoms with Crippen LogP contribution in [0.25, 0.3) is 0 Å². The molecule has 0 aliphatic carbocycles. The summed E-state index contributed by atoms with van der Waals surface area (Å²) in [6, 6.07) is 1.38. The number of benzene rings is 1. The van der Waals surface area contributed by atoms with Gasteiger partial charge in [-0.15, -0.1) is 0 Å². The molecule has 19 heavy (non-hydrogen) atoms. The van der Waals surface area contributed by atoms with Gasteiger partial charge in [-0.2, -0.15) is 13.2 Å². The van der Waals surface area contributed by atoms with E-state index in [1.54, 1.807) is 0 Å². The molecule has 0 spiro atoms. The normalized spacial score (nSPS) is 20.2. The summed E-state index contributed by atoms with van der Waals surface area (Å²) in [5, 5.41) is 0. The van der Waals surface area contributed by atoms with Gasteiger partial charge >= 0.3 is 6.18 Å². The van der Waals surface area contributed by atoms with Crippen LogP contribution < -0.4 is 4.90 Å². The minimum absolute atomic E-state index is 0.136. The summed E-state index contributed by atoms with van der Waals surface area (Å²) >= 11 is 5.88. The Morgan fingerprint density at radius 2 is 1.95 bits per heavy atom. The molecule has 1 fully saturated rings. The van der Waals surface area contributed by atoms with Crippen molar-refractivity contribution in [2.45, 2.75) is 17.4 Å². The summed E-state index contributed by atoms with van der Waals surface area (Å²) in [6.07, 6.45) is -4.48. The lowest BCUT2D eigenvalue weighted by Gasteiger charge is -2.19. The van der Waals surface area contributed by atoms with Crippen molar-refractivity contribution in [3.05, 3.63) is 28.0 Å². The first kappa shape index (κ1) is 14.8. The van der Waals surface area contributed by atoms with Crippen LogP contribution in [-0.2, 0) is 11.0 Å². The molecule has 1 heterocycles. The second-order valence-corrected chi connectivity index (χ2v) is 6.24. The van der Waals surface area contributed by atoms with E-state index >= 15 is 0 Å². The highest BCUT2D eigenvalue weighted by Crippen LogP contribution is 2.39. The lowest BCUT2D eigenvalue weighted by Crippen LogP contribution is -2.26. The maximum atomic E-state index is 13.8. The molecular formula is C11H7Br2F4NO. The zero-order chi connectivity index (χ0) is 14.4.